The summed E-state index contributed by atoms with van der Waals surface area (Å²) in [6.07, 6.45) is 2.52. The molecule has 6 nitrogen and oxygen atoms in total. The Kier molecular flexibility index (Phi) is 4.38. The van der Waals surface area contributed by atoms with E-state index in [1.165, 1.54) is 25.0 Å². The smallest absolute Gasteiger partial charge is 0.226 e. The fourth-order valence-electron chi connectivity index (χ4n) is 5.37. The second kappa shape index (κ2) is 6.83. The summed E-state index contributed by atoms with van der Waals surface area (Å²) in [5.41, 5.74) is 1.95. The largest absolute Gasteiger partial charge is 0.373 e. The summed E-state index contributed by atoms with van der Waals surface area (Å²) < 4.78 is 13.5. The molecule has 154 valence electrons. The van der Waals surface area contributed by atoms with Crippen LogP contribution in [0.25, 0.3) is 0 Å². The molecule has 2 fully saturated rings. The molecule has 2 aliphatic heterocycles. The molecule has 2 aromatic rings. The van der Waals surface area contributed by atoms with Gasteiger partial charge in [-0.2, -0.15) is 9.97 Å². The molecule has 0 radical (unpaired) electrons. The van der Waals surface area contributed by atoms with Crippen LogP contribution in [-0.4, -0.2) is 42.7 Å². The Bertz CT molecular complexity index is 896. The molecule has 3 atom stereocenters. The van der Waals surface area contributed by atoms with Gasteiger partial charge in [-0.05, 0) is 62.0 Å². The maximum absolute atomic E-state index is 13.5. The van der Waals surface area contributed by atoms with Gasteiger partial charge >= 0.3 is 0 Å². The number of halogens is 1. The molecule has 1 saturated heterocycles. The summed E-state index contributed by atoms with van der Waals surface area (Å²) in [7, 11) is 1.91. The van der Waals surface area contributed by atoms with E-state index in [2.05, 4.69) is 34.7 Å². The molecule has 2 bridgehead atoms. The van der Waals surface area contributed by atoms with E-state index in [9.17, 15) is 4.39 Å². The predicted molar refractivity (Wildman–Crippen MR) is 115 cm³/mol. The van der Waals surface area contributed by atoms with Crippen molar-refractivity contribution in [1.29, 1.82) is 0 Å². The molecule has 3 heterocycles. The molecule has 0 amide bonds. The molecule has 5 rings (SSSR count). The minimum atomic E-state index is -0.227. The molecule has 7 heteroatoms. The number of fused-ring (bicyclic) bond motifs is 3. The average Bonchev–Trinajstić information content (AvgIpc) is 3.08. The highest BCUT2D eigenvalue weighted by Crippen LogP contribution is 2.47. The van der Waals surface area contributed by atoms with Crippen molar-refractivity contribution in [3.05, 3.63) is 35.6 Å². The quantitative estimate of drug-likeness (QED) is 0.735. The SMILES string of the molecule is CNc1nc(N[C@@H]2[C@@H]3CC[C@H]2CNC3)nc2c1C(C)(C)CN2c1ccc(F)cc1. The second-order valence-corrected chi connectivity index (χ2v) is 9.22. The number of aromatic nitrogens is 2. The van der Waals surface area contributed by atoms with Crippen molar-refractivity contribution in [2.24, 2.45) is 11.8 Å². The van der Waals surface area contributed by atoms with Crippen molar-refractivity contribution in [1.82, 2.24) is 15.3 Å². The summed E-state index contributed by atoms with van der Waals surface area (Å²) in [6.45, 7) is 7.32. The van der Waals surface area contributed by atoms with E-state index in [1.807, 2.05) is 19.2 Å². The molecule has 0 unspecified atom stereocenters. The van der Waals surface area contributed by atoms with E-state index in [0.717, 1.165) is 42.5 Å². The van der Waals surface area contributed by atoms with Crippen molar-refractivity contribution < 1.29 is 4.39 Å². The number of hydrogen-bond donors (Lipinski definition) is 3. The van der Waals surface area contributed by atoms with Gasteiger partial charge in [-0.1, -0.05) is 13.8 Å². The van der Waals surface area contributed by atoms with Gasteiger partial charge in [-0.3, -0.25) is 0 Å². The maximum Gasteiger partial charge on any atom is 0.226 e. The second-order valence-electron chi connectivity index (χ2n) is 9.22. The van der Waals surface area contributed by atoms with E-state index in [-0.39, 0.29) is 11.2 Å². The first-order chi connectivity index (χ1) is 14.0. The molecule has 1 aliphatic carbocycles. The van der Waals surface area contributed by atoms with Gasteiger partial charge in [0.05, 0.1) is 0 Å². The van der Waals surface area contributed by atoms with E-state index < -0.39 is 0 Å². The summed E-state index contributed by atoms with van der Waals surface area (Å²) in [4.78, 5) is 12.0. The van der Waals surface area contributed by atoms with Crippen molar-refractivity contribution >= 4 is 23.3 Å². The zero-order valence-corrected chi connectivity index (χ0v) is 17.3. The summed E-state index contributed by atoms with van der Waals surface area (Å²) in [6, 6.07) is 7.08. The maximum atomic E-state index is 13.5. The lowest BCUT2D eigenvalue weighted by Gasteiger charge is -2.32. The van der Waals surface area contributed by atoms with Crippen molar-refractivity contribution in [2.75, 3.05) is 42.2 Å². The molecular formula is C22H29FN6. The van der Waals surface area contributed by atoms with Crippen LogP contribution >= 0.6 is 0 Å². The Morgan fingerprint density at radius 2 is 1.79 bits per heavy atom. The van der Waals surface area contributed by atoms with E-state index in [4.69, 9.17) is 9.97 Å². The monoisotopic (exact) mass is 396 g/mol. The van der Waals surface area contributed by atoms with Gasteiger partial charge in [0.25, 0.3) is 0 Å². The lowest BCUT2D eigenvalue weighted by molar-refractivity contribution is 0.341. The van der Waals surface area contributed by atoms with E-state index >= 15 is 0 Å². The Morgan fingerprint density at radius 1 is 1.10 bits per heavy atom. The van der Waals surface area contributed by atoms with Gasteiger partial charge in [-0.15, -0.1) is 0 Å². The minimum Gasteiger partial charge on any atom is -0.373 e. The number of nitrogens with zero attached hydrogens (tertiary/aromatic N) is 3. The van der Waals surface area contributed by atoms with Crippen LogP contribution in [-0.2, 0) is 5.41 Å². The first-order valence-electron chi connectivity index (χ1n) is 10.6. The first kappa shape index (κ1) is 18.6. The number of anilines is 4. The Labute approximate surface area is 171 Å². The summed E-state index contributed by atoms with van der Waals surface area (Å²) >= 11 is 0. The summed E-state index contributed by atoms with van der Waals surface area (Å²) in [5.74, 6) is 3.50. The van der Waals surface area contributed by atoms with Gasteiger partial charge in [0.1, 0.15) is 17.5 Å². The molecule has 3 N–H and O–H groups in total. The fourth-order valence-corrected chi connectivity index (χ4v) is 5.37. The number of piperidine rings is 1. The van der Waals surface area contributed by atoms with Crippen LogP contribution in [0.5, 0.6) is 0 Å². The number of benzene rings is 1. The Balaban J connectivity index is 1.54. The minimum absolute atomic E-state index is 0.117. The van der Waals surface area contributed by atoms with Gasteiger partial charge < -0.3 is 20.9 Å². The van der Waals surface area contributed by atoms with Crippen LogP contribution in [0.4, 0.5) is 27.7 Å². The third kappa shape index (κ3) is 3.12. The standard InChI is InChI=1S/C22H29FN6/c1-22(2)12-29(16-8-6-15(23)7-9-16)20-17(22)19(24-3)27-21(28-20)26-18-13-4-5-14(18)11-25-10-13/h6-9,13-14,18,25H,4-5,10-12H2,1-3H3,(H2,24,26,27,28)/t13-,14+,18-. The van der Waals surface area contributed by atoms with Crippen LogP contribution in [0.2, 0.25) is 0 Å². The van der Waals surface area contributed by atoms with Gasteiger partial charge in [-0.25, -0.2) is 4.39 Å². The van der Waals surface area contributed by atoms with Crippen molar-refractivity contribution in [3.63, 3.8) is 0 Å². The van der Waals surface area contributed by atoms with Crippen LogP contribution in [0.3, 0.4) is 0 Å². The van der Waals surface area contributed by atoms with Gasteiger partial charge in [0.15, 0.2) is 0 Å². The topological polar surface area (TPSA) is 65.1 Å². The highest BCUT2D eigenvalue weighted by Gasteiger charge is 2.42. The molecule has 29 heavy (non-hydrogen) atoms. The van der Waals surface area contributed by atoms with Crippen LogP contribution < -0.4 is 20.9 Å². The number of hydrogen-bond acceptors (Lipinski definition) is 6. The first-order valence-corrected chi connectivity index (χ1v) is 10.6. The molecule has 3 aliphatic rings. The molecule has 0 spiro atoms. The highest BCUT2D eigenvalue weighted by atomic mass is 19.1. The van der Waals surface area contributed by atoms with E-state index in [0.29, 0.717) is 23.8 Å². The zero-order chi connectivity index (χ0) is 20.2. The van der Waals surface area contributed by atoms with Crippen molar-refractivity contribution in [2.45, 2.75) is 38.1 Å². The fraction of sp³-hybridized carbons (Fsp3) is 0.545. The van der Waals surface area contributed by atoms with Crippen LogP contribution in [0, 0.1) is 17.7 Å². The number of nitrogens with one attached hydrogen (secondary N) is 3. The third-order valence-corrected chi connectivity index (χ3v) is 6.78. The number of rotatable bonds is 4. The molecule has 1 aromatic heterocycles. The zero-order valence-electron chi connectivity index (χ0n) is 17.3. The van der Waals surface area contributed by atoms with Crippen LogP contribution in [0.1, 0.15) is 32.3 Å². The van der Waals surface area contributed by atoms with Crippen LogP contribution in [0.15, 0.2) is 24.3 Å². The highest BCUT2D eigenvalue weighted by molar-refractivity contribution is 5.75. The third-order valence-electron chi connectivity index (χ3n) is 6.78. The molecule has 1 aromatic carbocycles. The Hall–Kier alpha value is -2.41. The van der Waals surface area contributed by atoms with Gasteiger partial charge in [0, 0.05) is 36.3 Å². The predicted octanol–water partition coefficient (Wildman–Crippen LogP) is 3.50. The van der Waals surface area contributed by atoms with Crippen molar-refractivity contribution in [3.8, 4) is 0 Å². The molecule has 1 saturated carbocycles. The average molecular weight is 397 g/mol. The molecular weight excluding hydrogens is 367 g/mol. The lowest BCUT2D eigenvalue weighted by atomic mass is 9.88. The normalized spacial score (nSPS) is 27.0. The lowest BCUT2D eigenvalue weighted by Crippen LogP contribution is -2.45. The Morgan fingerprint density at radius 3 is 2.45 bits per heavy atom. The van der Waals surface area contributed by atoms with Gasteiger partial charge in [0.2, 0.25) is 5.95 Å². The van der Waals surface area contributed by atoms with E-state index in [1.54, 1.807) is 0 Å². The summed E-state index contributed by atoms with van der Waals surface area (Å²) in [5, 5.41) is 10.5.